The quantitative estimate of drug-likeness (QED) is 0.708. The molecule has 0 aliphatic heterocycles. The molecular weight excluding hydrogens is 344 g/mol. The van der Waals surface area contributed by atoms with Crippen LogP contribution in [0, 0.1) is 6.92 Å². The van der Waals surface area contributed by atoms with Crippen molar-refractivity contribution in [2.45, 2.75) is 13.3 Å². The van der Waals surface area contributed by atoms with Gasteiger partial charge in [0.25, 0.3) is 0 Å². The molecule has 5 nitrogen and oxygen atoms in total. The molecule has 0 unspecified atom stereocenters. The number of hydrogen-bond acceptors (Lipinski definition) is 5. The van der Waals surface area contributed by atoms with Crippen LogP contribution in [0.25, 0.3) is 0 Å². The van der Waals surface area contributed by atoms with Crippen molar-refractivity contribution < 1.29 is 4.79 Å². The summed E-state index contributed by atoms with van der Waals surface area (Å²) in [5, 5.41) is 16.6. The molecule has 1 aromatic carbocycles. The largest absolute Gasteiger partial charge is 0.338 e. The van der Waals surface area contributed by atoms with Crippen LogP contribution in [0.5, 0.6) is 0 Å². The number of hydrogen-bond donors (Lipinski definition) is 2. The summed E-state index contributed by atoms with van der Waals surface area (Å²) in [5.74, 6) is 0.889. The van der Waals surface area contributed by atoms with Crippen LogP contribution in [-0.4, -0.2) is 16.1 Å². The first-order valence-electron chi connectivity index (χ1n) is 7.29. The van der Waals surface area contributed by atoms with E-state index in [-0.39, 0.29) is 5.91 Å². The summed E-state index contributed by atoms with van der Waals surface area (Å²) in [6.07, 6.45) is 0.334. The van der Waals surface area contributed by atoms with E-state index >= 15 is 0 Å². The molecule has 0 bridgehead atoms. The third kappa shape index (κ3) is 4.31. The third-order valence-corrected chi connectivity index (χ3v) is 4.42. The second-order valence-corrected chi connectivity index (χ2v) is 6.66. The molecule has 2 aromatic heterocycles. The maximum Gasteiger partial charge on any atom is 0.230 e. The van der Waals surface area contributed by atoms with Gasteiger partial charge in [-0.15, -0.1) is 21.5 Å². The fraction of sp³-hybridized carbons (Fsp3) is 0.118. The van der Waals surface area contributed by atoms with E-state index < -0.39 is 0 Å². The molecule has 0 atom stereocenters. The van der Waals surface area contributed by atoms with Crippen LogP contribution in [0.3, 0.4) is 0 Å². The van der Waals surface area contributed by atoms with Gasteiger partial charge in [-0.05, 0) is 48.2 Å². The first kappa shape index (κ1) is 16.4. The first-order chi connectivity index (χ1) is 11.6. The van der Waals surface area contributed by atoms with Gasteiger partial charge in [-0.25, -0.2) is 0 Å². The topological polar surface area (TPSA) is 66.9 Å². The second-order valence-electron chi connectivity index (χ2n) is 5.19. The van der Waals surface area contributed by atoms with Gasteiger partial charge in [0.15, 0.2) is 11.6 Å². The summed E-state index contributed by atoms with van der Waals surface area (Å²) in [5.41, 5.74) is 1.92. The molecule has 0 aliphatic carbocycles. The highest BCUT2D eigenvalue weighted by Gasteiger charge is 2.07. The van der Waals surface area contributed by atoms with Crippen LogP contribution in [0.2, 0.25) is 5.02 Å². The number of carbonyl (C=O) groups is 1. The lowest BCUT2D eigenvalue weighted by Gasteiger charge is -2.09. The van der Waals surface area contributed by atoms with Crippen molar-refractivity contribution in [1.29, 1.82) is 0 Å². The van der Waals surface area contributed by atoms with E-state index in [1.165, 1.54) is 0 Å². The van der Waals surface area contributed by atoms with Crippen molar-refractivity contribution in [3.8, 4) is 0 Å². The van der Waals surface area contributed by atoms with Crippen LogP contribution in [0.1, 0.15) is 10.4 Å². The molecule has 122 valence electrons. The zero-order valence-electron chi connectivity index (χ0n) is 12.9. The molecule has 24 heavy (non-hydrogen) atoms. The van der Waals surface area contributed by atoms with E-state index in [1.54, 1.807) is 23.5 Å². The molecule has 0 saturated heterocycles. The number of carbonyl (C=O) groups excluding carboxylic acids is 1. The molecule has 3 aromatic rings. The van der Waals surface area contributed by atoms with E-state index in [0.717, 1.165) is 16.1 Å². The summed E-state index contributed by atoms with van der Waals surface area (Å²) >= 11 is 7.55. The Morgan fingerprint density at radius 1 is 1.17 bits per heavy atom. The molecule has 0 aliphatic rings. The Bertz CT molecular complexity index is 834. The molecular formula is C17H15ClN4OS. The van der Waals surface area contributed by atoms with Crippen LogP contribution in [0.4, 0.5) is 17.3 Å². The number of aryl methyl sites for hydroxylation is 1. The van der Waals surface area contributed by atoms with E-state index in [1.807, 2.05) is 42.6 Å². The second kappa shape index (κ2) is 7.42. The van der Waals surface area contributed by atoms with E-state index in [2.05, 4.69) is 20.8 Å². The van der Waals surface area contributed by atoms with Gasteiger partial charge in [-0.3, -0.25) is 4.79 Å². The normalized spacial score (nSPS) is 10.4. The summed E-state index contributed by atoms with van der Waals surface area (Å²) in [4.78, 5) is 12.9. The standard InChI is InChI=1S/C17H15ClN4OS/c1-11-4-5-12(18)9-14(11)19-15-6-7-16(22-21-15)20-17(23)10-13-3-2-8-24-13/h2-9H,10H2,1H3,(H,19,21)(H,20,22,23). The minimum absolute atomic E-state index is 0.113. The molecule has 2 heterocycles. The Morgan fingerprint density at radius 2 is 1.96 bits per heavy atom. The average Bonchev–Trinajstić information content (AvgIpc) is 3.05. The molecule has 0 fully saturated rings. The molecule has 1 amide bonds. The summed E-state index contributed by atoms with van der Waals surface area (Å²) < 4.78 is 0. The maximum atomic E-state index is 11.9. The Labute approximate surface area is 148 Å². The first-order valence-corrected chi connectivity index (χ1v) is 8.55. The number of nitrogens with one attached hydrogen (secondary N) is 2. The van der Waals surface area contributed by atoms with E-state index in [9.17, 15) is 4.79 Å². The fourth-order valence-electron chi connectivity index (χ4n) is 2.09. The predicted octanol–water partition coefficient (Wildman–Crippen LogP) is 4.42. The lowest BCUT2D eigenvalue weighted by molar-refractivity contribution is -0.115. The van der Waals surface area contributed by atoms with Crippen LogP contribution < -0.4 is 10.6 Å². The summed E-state index contributed by atoms with van der Waals surface area (Å²) in [6.45, 7) is 1.98. The number of nitrogens with zero attached hydrogens (tertiary/aromatic N) is 2. The smallest absolute Gasteiger partial charge is 0.230 e. The van der Waals surface area contributed by atoms with Gasteiger partial charge in [0.05, 0.1) is 6.42 Å². The van der Waals surface area contributed by atoms with Crippen LogP contribution >= 0.6 is 22.9 Å². The fourth-order valence-corrected chi connectivity index (χ4v) is 2.97. The number of thiophene rings is 1. The van der Waals surface area contributed by atoms with Crippen molar-refractivity contribution in [2.24, 2.45) is 0 Å². The highest BCUT2D eigenvalue weighted by atomic mass is 35.5. The number of aromatic nitrogens is 2. The summed E-state index contributed by atoms with van der Waals surface area (Å²) in [7, 11) is 0. The molecule has 0 saturated carbocycles. The van der Waals surface area contributed by atoms with Gasteiger partial charge in [-0.2, -0.15) is 0 Å². The molecule has 3 rings (SSSR count). The molecule has 0 radical (unpaired) electrons. The van der Waals surface area contributed by atoms with Gasteiger partial charge in [0.2, 0.25) is 5.91 Å². The number of halogens is 1. The monoisotopic (exact) mass is 358 g/mol. The van der Waals surface area contributed by atoms with Gasteiger partial charge < -0.3 is 10.6 Å². The SMILES string of the molecule is Cc1ccc(Cl)cc1Nc1ccc(NC(=O)Cc2cccs2)nn1. The number of anilines is 3. The van der Waals surface area contributed by atoms with Crippen molar-refractivity contribution in [3.63, 3.8) is 0 Å². The number of benzene rings is 1. The van der Waals surface area contributed by atoms with Crippen LogP contribution in [-0.2, 0) is 11.2 Å². The van der Waals surface area contributed by atoms with Crippen molar-refractivity contribution in [3.05, 3.63) is 63.3 Å². The zero-order valence-corrected chi connectivity index (χ0v) is 14.5. The lowest BCUT2D eigenvalue weighted by Crippen LogP contribution is -2.15. The van der Waals surface area contributed by atoms with Gasteiger partial charge in [0, 0.05) is 15.6 Å². The zero-order chi connectivity index (χ0) is 16.9. The molecule has 2 N–H and O–H groups in total. The predicted molar refractivity (Wildman–Crippen MR) is 98.2 cm³/mol. The average molecular weight is 359 g/mol. The Morgan fingerprint density at radius 3 is 2.67 bits per heavy atom. The van der Waals surface area contributed by atoms with E-state index in [4.69, 9.17) is 11.6 Å². The summed E-state index contributed by atoms with van der Waals surface area (Å²) in [6, 6.07) is 12.9. The maximum absolute atomic E-state index is 11.9. The number of amides is 1. The number of rotatable bonds is 5. The lowest BCUT2D eigenvalue weighted by atomic mass is 10.2. The minimum Gasteiger partial charge on any atom is -0.338 e. The van der Waals surface area contributed by atoms with Crippen molar-refractivity contribution in [1.82, 2.24) is 10.2 Å². The molecule has 0 spiro atoms. The van der Waals surface area contributed by atoms with Gasteiger partial charge in [0.1, 0.15) is 0 Å². The minimum atomic E-state index is -0.113. The Balaban J connectivity index is 1.62. The Kier molecular flexibility index (Phi) is 5.08. The van der Waals surface area contributed by atoms with Crippen molar-refractivity contribution >= 4 is 46.2 Å². The third-order valence-electron chi connectivity index (χ3n) is 3.31. The van der Waals surface area contributed by atoms with Gasteiger partial charge in [-0.1, -0.05) is 23.7 Å². The van der Waals surface area contributed by atoms with Crippen molar-refractivity contribution in [2.75, 3.05) is 10.6 Å². The Hall–Kier alpha value is -2.44. The van der Waals surface area contributed by atoms with Crippen LogP contribution in [0.15, 0.2) is 47.8 Å². The highest BCUT2D eigenvalue weighted by molar-refractivity contribution is 7.10. The van der Waals surface area contributed by atoms with E-state index in [0.29, 0.717) is 23.1 Å². The van der Waals surface area contributed by atoms with Gasteiger partial charge >= 0.3 is 0 Å². The molecule has 7 heteroatoms. The highest BCUT2D eigenvalue weighted by Crippen LogP contribution is 2.23.